The molecule has 116 valence electrons. The van der Waals surface area contributed by atoms with E-state index in [1.54, 1.807) is 0 Å². The van der Waals surface area contributed by atoms with Crippen molar-refractivity contribution < 1.29 is 4.79 Å². The minimum absolute atomic E-state index is 0.385. The van der Waals surface area contributed by atoms with E-state index in [1.807, 2.05) is 12.3 Å². The molecule has 0 aromatic carbocycles. The SMILES string of the molecule is O=C(CCC1CCCC1)N1CCC[C@@H](Cc2ccn[nH]2)C1. The molecule has 1 N–H and O–H groups in total. The Hall–Kier alpha value is -1.32. The van der Waals surface area contributed by atoms with E-state index < -0.39 is 0 Å². The zero-order valence-electron chi connectivity index (χ0n) is 12.9. The molecule has 0 bridgehead atoms. The minimum Gasteiger partial charge on any atom is -0.342 e. The first kappa shape index (κ1) is 14.6. The summed E-state index contributed by atoms with van der Waals surface area (Å²) < 4.78 is 0. The van der Waals surface area contributed by atoms with Gasteiger partial charge in [0.2, 0.25) is 5.91 Å². The van der Waals surface area contributed by atoms with Crippen molar-refractivity contribution in [1.29, 1.82) is 0 Å². The normalized spacial score (nSPS) is 23.6. The van der Waals surface area contributed by atoms with Gasteiger partial charge >= 0.3 is 0 Å². The molecule has 0 unspecified atom stereocenters. The Morgan fingerprint density at radius 3 is 2.81 bits per heavy atom. The Morgan fingerprint density at radius 2 is 2.05 bits per heavy atom. The second kappa shape index (κ2) is 7.10. The zero-order chi connectivity index (χ0) is 14.5. The molecule has 1 atom stereocenters. The Morgan fingerprint density at radius 1 is 1.24 bits per heavy atom. The summed E-state index contributed by atoms with van der Waals surface area (Å²) in [7, 11) is 0. The van der Waals surface area contributed by atoms with Crippen LogP contribution in [0.1, 0.15) is 57.1 Å². The van der Waals surface area contributed by atoms with Gasteiger partial charge in [-0.15, -0.1) is 0 Å². The number of hydrogen-bond acceptors (Lipinski definition) is 2. The molecule has 0 spiro atoms. The average molecular weight is 289 g/mol. The molecule has 2 heterocycles. The van der Waals surface area contributed by atoms with Crippen molar-refractivity contribution in [1.82, 2.24) is 15.1 Å². The third-order valence-corrected chi connectivity index (χ3v) is 5.18. The lowest BCUT2D eigenvalue weighted by molar-refractivity contribution is -0.133. The molecule has 1 aromatic heterocycles. The van der Waals surface area contributed by atoms with Gasteiger partial charge in [0.15, 0.2) is 0 Å². The van der Waals surface area contributed by atoms with Crippen LogP contribution in [0.5, 0.6) is 0 Å². The Kier molecular flexibility index (Phi) is 4.94. The molecule has 1 saturated carbocycles. The molecule has 2 fully saturated rings. The number of aromatic amines is 1. The first-order chi connectivity index (χ1) is 10.3. The van der Waals surface area contributed by atoms with Gasteiger partial charge in [0.05, 0.1) is 0 Å². The second-order valence-electron chi connectivity index (χ2n) is 6.82. The van der Waals surface area contributed by atoms with E-state index in [0.717, 1.165) is 44.7 Å². The topological polar surface area (TPSA) is 49.0 Å². The number of aromatic nitrogens is 2. The lowest BCUT2D eigenvalue weighted by Crippen LogP contribution is -2.40. The molecule has 2 aliphatic rings. The summed E-state index contributed by atoms with van der Waals surface area (Å²) in [6, 6.07) is 2.04. The first-order valence-corrected chi connectivity index (χ1v) is 8.57. The lowest BCUT2D eigenvalue weighted by atomic mass is 9.93. The molecular weight excluding hydrogens is 262 g/mol. The standard InChI is InChI=1S/C17H27N3O/c21-17(8-7-14-4-1-2-5-14)20-11-3-6-15(13-20)12-16-9-10-18-19-16/h9-10,14-15H,1-8,11-13H2,(H,18,19)/t15-/m0/s1. The molecule has 3 rings (SSSR count). The molecule has 1 aliphatic carbocycles. The van der Waals surface area contributed by atoms with E-state index in [4.69, 9.17) is 0 Å². The molecule has 1 saturated heterocycles. The number of H-pyrrole nitrogens is 1. The fourth-order valence-electron chi connectivity index (χ4n) is 3.95. The van der Waals surface area contributed by atoms with Crippen molar-refractivity contribution in [3.8, 4) is 0 Å². The van der Waals surface area contributed by atoms with Gasteiger partial charge in [-0.1, -0.05) is 25.7 Å². The van der Waals surface area contributed by atoms with Gasteiger partial charge in [0.25, 0.3) is 0 Å². The fourth-order valence-corrected chi connectivity index (χ4v) is 3.95. The molecule has 1 amide bonds. The van der Waals surface area contributed by atoms with Crippen molar-refractivity contribution in [3.63, 3.8) is 0 Å². The number of nitrogens with zero attached hydrogens (tertiary/aromatic N) is 2. The summed E-state index contributed by atoms with van der Waals surface area (Å²) in [5, 5.41) is 7.05. The monoisotopic (exact) mass is 289 g/mol. The number of amides is 1. The second-order valence-corrected chi connectivity index (χ2v) is 6.82. The summed E-state index contributed by atoms with van der Waals surface area (Å²) >= 11 is 0. The predicted molar refractivity (Wildman–Crippen MR) is 82.8 cm³/mol. The van der Waals surface area contributed by atoms with E-state index in [2.05, 4.69) is 15.1 Å². The van der Waals surface area contributed by atoms with E-state index in [9.17, 15) is 4.79 Å². The van der Waals surface area contributed by atoms with Crippen molar-refractivity contribution in [2.75, 3.05) is 13.1 Å². The molecule has 4 nitrogen and oxygen atoms in total. The maximum atomic E-state index is 12.4. The van der Waals surface area contributed by atoms with Gasteiger partial charge < -0.3 is 4.90 Å². The van der Waals surface area contributed by atoms with Crippen molar-refractivity contribution in [2.24, 2.45) is 11.8 Å². The van der Waals surface area contributed by atoms with E-state index >= 15 is 0 Å². The Labute approximate surface area is 127 Å². The van der Waals surface area contributed by atoms with Crippen molar-refractivity contribution in [3.05, 3.63) is 18.0 Å². The van der Waals surface area contributed by atoms with Crippen LogP contribution in [0.3, 0.4) is 0 Å². The third-order valence-electron chi connectivity index (χ3n) is 5.18. The number of nitrogens with one attached hydrogen (secondary N) is 1. The molecule has 1 aliphatic heterocycles. The van der Waals surface area contributed by atoms with Crippen LogP contribution in [-0.2, 0) is 11.2 Å². The number of hydrogen-bond donors (Lipinski definition) is 1. The average Bonchev–Trinajstić information content (AvgIpc) is 3.18. The largest absolute Gasteiger partial charge is 0.342 e. The molecular formula is C17H27N3O. The number of likely N-dealkylation sites (tertiary alicyclic amines) is 1. The molecule has 1 aromatic rings. The summed E-state index contributed by atoms with van der Waals surface area (Å²) in [6.45, 7) is 1.89. The van der Waals surface area contributed by atoms with E-state index in [-0.39, 0.29) is 0 Å². The predicted octanol–water partition coefficient (Wildman–Crippen LogP) is 3.16. The van der Waals surface area contributed by atoms with Gasteiger partial charge in [0, 0.05) is 31.4 Å². The summed E-state index contributed by atoms with van der Waals surface area (Å²) in [5.74, 6) is 1.80. The highest BCUT2D eigenvalue weighted by Crippen LogP contribution is 2.29. The van der Waals surface area contributed by atoms with Crippen LogP contribution in [-0.4, -0.2) is 34.1 Å². The molecule has 21 heavy (non-hydrogen) atoms. The third kappa shape index (κ3) is 4.08. The van der Waals surface area contributed by atoms with E-state index in [0.29, 0.717) is 11.8 Å². The highest BCUT2D eigenvalue weighted by molar-refractivity contribution is 5.76. The zero-order valence-corrected chi connectivity index (χ0v) is 12.9. The van der Waals surface area contributed by atoms with Crippen LogP contribution in [0.15, 0.2) is 12.3 Å². The lowest BCUT2D eigenvalue weighted by Gasteiger charge is -2.33. The first-order valence-electron chi connectivity index (χ1n) is 8.57. The van der Waals surface area contributed by atoms with Crippen LogP contribution in [0.4, 0.5) is 0 Å². The fraction of sp³-hybridized carbons (Fsp3) is 0.765. The minimum atomic E-state index is 0.385. The van der Waals surface area contributed by atoms with Crippen LogP contribution >= 0.6 is 0 Å². The van der Waals surface area contributed by atoms with Gasteiger partial charge in [-0.25, -0.2) is 0 Å². The Balaban J connectivity index is 1.44. The summed E-state index contributed by atoms with van der Waals surface area (Å²) in [4.78, 5) is 14.5. The van der Waals surface area contributed by atoms with Crippen molar-refractivity contribution >= 4 is 5.91 Å². The van der Waals surface area contributed by atoms with Gasteiger partial charge in [0.1, 0.15) is 0 Å². The summed E-state index contributed by atoms with van der Waals surface area (Å²) in [5.41, 5.74) is 1.19. The maximum absolute atomic E-state index is 12.4. The van der Waals surface area contributed by atoms with Crippen molar-refractivity contribution in [2.45, 2.75) is 57.8 Å². The smallest absolute Gasteiger partial charge is 0.222 e. The summed E-state index contributed by atoms with van der Waals surface area (Å²) in [6.07, 6.45) is 12.5. The number of piperidine rings is 1. The molecule has 4 heteroatoms. The van der Waals surface area contributed by atoms with Crippen LogP contribution in [0.2, 0.25) is 0 Å². The number of carbonyl (C=O) groups is 1. The number of rotatable bonds is 5. The van der Waals surface area contributed by atoms with Gasteiger partial charge in [-0.3, -0.25) is 9.89 Å². The van der Waals surface area contributed by atoms with Gasteiger partial charge in [-0.2, -0.15) is 5.10 Å². The molecule has 0 radical (unpaired) electrons. The Bertz CT molecular complexity index is 437. The number of carbonyl (C=O) groups excluding carboxylic acids is 1. The maximum Gasteiger partial charge on any atom is 0.222 e. The van der Waals surface area contributed by atoms with E-state index in [1.165, 1.54) is 37.8 Å². The highest BCUT2D eigenvalue weighted by Gasteiger charge is 2.25. The highest BCUT2D eigenvalue weighted by atomic mass is 16.2. The van der Waals surface area contributed by atoms with Crippen LogP contribution in [0.25, 0.3) is 0 Å². The van der Waals surface area contributed by atoms with Crippen LogP contribution in [0, 0.1) is 11.8 Å². The quantitative estimate of drug-likeness (QED) is 0.905. The van der Waals surface area contributed by atoms with Gasteiger partial charge in [-0.05, 0) is 43.6 Å². The van der Waals surface area contributed by atoms with Crippen LogP contribution < -0.4 is 0 Å².